The van der Waals surface area contributed by atoms with E-state index in [0.29, 0.717) is 18.7 Å². The summed E-state index contributed by atoms with van der Waals surface area (Å²) in [5.41, 5.74) is 0.584. The molecule has 0 bridgehead atoms. The molecule has 0 aliphatic carbocycles. The zero-order chi connectivity index (χ0) is 11.3. The summed E-state index contributed by atoms with van der Waals surface area (Å²) in [6, 6.07) is 6.65. The van der Waals surface area contributed by atoms with Crippen molar-refractivity contribution in [3.8, 4) is 0 Å². The number of carbonyl (C=O) groups is 1. The predicted octanol–water partition coefficient (Wildman–Crippen LogP) is 2.63. The Hall–Kier alpha value is -1.38. The van der Waals surface area contributed by atoms with Crippen LogP contribution < -0.4 is 4.90 Å². The summed E-state index contributed by atoms with van der Waals surface area (Å²) in [5, 5.41) is 0. The third kappa shape index (κ3) is 3.70. The van der Waals surface area contributed by atoms with Gasteiger partial charge < -0.3 is 9.69 Å². The highest BCUT2D eigenvalue weighted by Gasteiger charge is 2.05. The monoisotopic (exact) mass is 209 g/mol. The Bertz CT molecular complexity index is 338. The number of anilines is 1. The molecule has 0 spiro atoms. The molecule has 0 heterocycles. The van der Waals surface area contributed by atoms with Crippen molar-refractivity contribution in [2.45, 2.75) is 19.8 Å². The quantitative estimate of drug-likeness (QED) is 0.743. The first-order chi connectivity index (χ1) is 7.11. The van der Waals surface area contributed by atoms with Crippen LogP contribution in [0.2, 0.25) is 0 Å². The largest absolute Gasteiger partial charge is 0.372 e. The molecule has 2 nitrogen and oxygen atoms in total. The molecular weight excluding hydrogens is 193 g/mol. The highest BCUT2D eigenvalue weighted by Crippen LogP contribution is 2.17. The summed E-state index contributed by atoms with van der Waals surface area (Å²) in [6.07, 6.45) is 1.32. The molecule has 0 N–H and O–H groups in total. The van der Waals surface area contributed by atoms with Crippen LogP contribution >= 0.6 is 0 Å². The molecule has 0 atom stereocenters. The summed E-state index contributed by atoms with van der Waals surface area (Å²) >= 11 is 0. The van der Waals surface area contributed by atoms with Crippen LogP contribution in [0.4, 0.5) is 10.1 Å². The van der Waals surface area contributed by atoms with E-state index in [4.69, 9.17) is 0 Å². The van der Waals surface area contributed by atoms with Gasteiger partial charge in [-0.25, -0.2) is 4.39 Å². The van der Waals surface area contributed by atoms with Gasteiger partial charge in [0.05, 0.1) is 5.69 Å². The molecule has 0 saturated heterocycles. The minimum Gasteiger partial charge on any atom is -0.372 e. The van der Waals surface area contributed by atoms with Gasteiger partial charge in [-0.05, 0) is 25.5 Å². The van der Waals surface area contributed by atoms with E-state index in [1.165, 1.54) is 6.07 Å². The Kier molecular flexibility index (Phi) is 4.28. The van der Waals surface area contributed by atoms with Crippen LogP contribution in [-0.4, -0.2) is 19.4 Å². The number of Topliss-reactive ketones (excluding diaryl/α,β-unsaturated/α-hetero) is 1. The van der Waals surface area contributed by atoms with Crippen molar-refractivity contribution in [3.63, 3.8) is 0 Å². The summed E-state index contributed by atoms with van der Waals surface area (Å²) in [4.78, 5) is 12.6. The molecule has 0 aromatic heterocycles. The van der Waals surface area contributed by atoms with Gasteiger partial charge in [0.1, 0.15) is 11.6 Å². The molecule has 0 aliphatic rings. The van der Waals surface area contributed by atoms with E-state index in [0.717, 1.165) is 6.42 Å². The van der Waals surface area contributed by atoms with E-state index >= 15 is 0 Å². The number of ketones is 1. The highest BCUT2D eigenvalue weighted by atomic mass is 19.1. The summed E-state index contributed by atoms with van der Waals surface area (Å²) in [6.45, 7) is 2.27. The molecule has 0 saturated carbocycles. The van der Waals surface area contributed by atoms with Crippen LogP contribution in [0.3, 0.4) is 0 Å². The third-order valence-electron chi connectivity index (χ3n) is 2.29. The zero-order valence-electron chi connectivity index (χ0n) is 9.16. The molecule has 0 fully saturated rings. The van der Waals surface area contributed by atoms with E-state index < -0.39 is 0 Å². The number of nitrogens with zero attached hydrogens (tertiary/aromatic N) is 1. The van der Waals surface area contributed by atoms with E-state index in [9.17, 15) is 9.18 Å². The summed E-state index contributed by atoms with van der Waals surface area (Å²) < 4.78 is 13.3. The Labute approximate surface area is 89.7 Å². The zero-order valence-corrected chi connectivity index (χ0v) is 9.16. The Morgan fingerprint density at radius 3 is 2.67 bits per heavy atom. The molecule has 0 amide bonds. The van der Waals surface area contributed by atoms with Crippen molar-refractivity contribution < 1.29 is 9.18 Å². The maximum Gasteiger partial charge on any atom is 0.146 e. The van der Waals surface area contributed by atoms with Crippen LogP contribution in [0, 0.1) is 5.82 Å². The number of halogens is 1. The molecule has 1 aromatic carbocycles. The van der Waals surface area contributed by atoms with Crippen LogP contribution in [-0.2, 0) is 4.79 Å². The van der Waals surface area contributed by atoms with Crippen LogP contribution in [0.1, 0.15) is 19.8 Å². The maximum atomic E-state index is 13.3. The lowest BCUT2D eigenvalue weighted by Crippen LogP contribution is -2.20. The molecular formula is C12H16FNO. The smallest absolute Gasteiger partial charge is 0.146 e. The topological polar surface area (TPSA) is 20.3 Å². The summed E-state index contributed by atoms with van der Waals surface area (Å²) in [7, 11) is 1.83. The summed E-state index contributed by atoms with van der Waals surface area (Å²) in [5.74, 6) is -0.0419. The van der Waals surface area contributed by atoms with Crippen molar-refractivity contribution in [1.29, 1.82) is 0 Å². The van der Waals surface area contributed by atoms with Crippen LogP contribution in [0.25, 0.3) is 0 Å². The molecule has 0 unspecified atom stereocenters. The van der Waals surface area contributed by atoms with Gasteiger partial charge in [-0.15, -0.1) is 0 Å². The van der Waals surface area contributed by atoms with Crippen molar-refractivity contribution in [3.05, 3.63) is 30.1 Å². The SMILES string of the molecule is CC(=O)CCCN(C)c1ccccc1F. The lowest BCUT2D eigenvalue weighted by molar-refractivity contribution is -0.117. The second kappa shape index (κ2) is 5.49. The van der Waals surface area contributed by atoms with Gasteiger partial charge in [0.25, 0.3) is 0 Å². The Balaban J connectivity index is 2.50. The van der Waals surface area contributed by atoms with Gasteiger partial charge in [0, 0.05) is 20.0 Å². The minimum atomic E-state index is -0.220. The second-order valence-corrected chi connectivity index (χ2v) is 3.68. The number of para-hydroxylation sites is 1. The molecule has 82 valence electrons. The fraction of sp³-hybridized carbons (Fsp3) is 0.417. The minimum absolute atomic E-state index is 0.178. The van der Waals surface area contributed by atoms with Crippen molar-refractivity contribution in [2.75, 3.05) is 18.5 Å². The molecule has 0 radical (unpaired) electrons. The fourth-order valence-electron chi connectivity index (χ4n) is 1.45. The highest BCUT2D eigenvalue weighted by molar-refractivity contribution is 5.75. The van der Waals surface area contributed by atoms with Crippen molar-refractivity contribution >= 4 is 11.5 Å². The average Bonchev–Trinajstić information content (AvgIpc) is 2.17. The first kappa shape index (κ1) is 11.7. The third-order valence-corrected chi connectivity index (χ3v) is 2.29. The average molecular weight is 209 g/mol. The van der Waals surface area contributed by atoms with E-state index in [1.807, 2.05) is 11.9 Å². The number of hydrogen-bond donors (Lipinski definition) is 0. The number of rotatable bonds is 5. The molecule has 1 aromatic rings. The Morgan fingerprint density at radius 2 is 2.07 bits per heavy atom. The van der Waals surface area contributed by atoms with Gasteiger partial charge in [0.2, 0.25) is 0 Å². The van der Waals surface area contributed by atoms with Gasteiger partial charge >= 0.3 is 0 Å². The fourth-order valence-corrected chi connectivity index (χ4v) is 1.45. The second-order valence-electron chi connectivity index (χ2n) is 3.68. The number of benzene rings is 1. The van der Waals surface area contributed by atoms with Crippen molar-refractivity contribution in [1.82, 2.24) is 0 Å². The van der Waals surface area contributed by atoms with Crippen molar-refractivity contribution in [2.24, 2.45) is 0 Å². The number of hydrogen-bond acceptors (Lipinski definition) is 2. The van der Waals surface area contributed by atoms with Gasteiger partial charge in [-0.1, -0.05) is 12.1 Å². The lowest BCUT2D eigenvalue weighted by Gasteiger charge is -2.19. The molecule has 15 heavy (non-hydrogen) atoms. The Morgan fingerprint density at radius 1 is 1.40 bits per heavy atom. The normalized spacial score (nSPS) is 10.1. The first-order valence-corrected chi connectivity index (χ1v) is 5.06. The van der Waals surface area contributed by atoms with Gasteiger partial charge in [-0.3, -0.25) is 0 Å². The van der Waals surface area contributed by atoms with Crippen LogP contribution in [0.5, 0.6) is 0 Å². The maximum absolute atomic E-state index is 13.3. The molecule has 3 heteroatoms. The lowest BCUT2D eigenvalue weighted by atomic mass is 10.2. The van der Waals surface area contributed by atoms with Crippen LogP contribution in [0.15, 0.2) is 24.3 Å². The van der Waals surface area contributed by atoms with E-state index in [-0.39, 0.29) is 11.6 Å². The number of carbonyl (C=O) groups excluding carboxylic acids is 1. The standard InChI is InChI=1S/C12H16FNO/c1-10(15)6-5-9-14(2)12-8-4-3-7-11(12)13/h3-4,7-8H,5-6,9H2,1-2H3. The molecule has 1 rings (SSSR count). The molecule has 0 aliphatic heterocycles. The predicted molar refractivity (Wildman–Crippen MR) is 59.6 cm³/mol. The van der Waals surface area contributed by atoms with E-state index in [2.05, 4.69) is 0 Å². The van der Waals surface area contributed by atoms with E-state index in [1.54, 1.807) is 25.1 Å². The first-order valence-electron chi connectivity index (χ1n) is 5.06. The van der Waals surface area contributed by atoms with Gasteiger partial charge in [0.15, 0.2) is 0 Å². The van der Waals surface area contributed by atoms with Gasteiger partial charge in [-0.2, -0.15) is 0 Å².